The SMILES string of the molecule is CC1(C)CNCCN1c1ccc(C(F)(F)F)nn1. The van der Waals surface area contributed by atoms with E-state index in [0.717, 1.165) is 19.2 Å². The topological polar surface area (TPSA) is 41.0 Å². The molecule has 1 saturated heterocycles. The number of aromatic nitrogens is 2. The lowest BCUT2D eigenvalue weighted by atomic mass is 10.0. The van der Waals surface area contributed by atoms with Crippen molar-refractivity contribution >= 4 is 5.82 Å². The molecule has 0 aromatic carbocycles. The lowest BCUT2D eigenvalue weighted by molar-refractivity contribution is -0.141. The van der Waals surface area contributed by atoms with Gasteiger partial charge in [-0.2, -0.15) is 13.2 Å². The minimum Gasteiger partial charge on any atom is -0.347 e. The molecular formula is C11H15F3N4. The van der Waals surface area contributed by atoms with Crippen LogP contribution in [-0.2, 0) is 6.18 Å². The van der Waals surface area contributed by atoms with Crippen LogP contribution in [0.5, 0.6) is 0 Å². The van der Waals surface area contributed by atoms with Crippen LogP contribution >= 0.6 is 0 Å². The summed E-state index contributed by atoms with van der Waals surface area (Å²) in [5.41, 5.74) is -1.15. The maximum Gasteiger partial charge on any atom is 0.435 e. The number of halogens is 3. The number of anilines is 1. The van der Waals surface area contributed by atoms with Crippen LogP contribution in [0.3, 0.4) is 0 Å². The molecule has 0 spiro atoms. The Balaban J connectivity index is 2.24. The van der Waals surface area contributed by atoms with Crippen molar-refractivity contribution in [2.75, 3.05) is 24.5 Å². The van der Waals surface area contributed by atoms with Gasteiger partial charge in [-0.3, -0.25) is 0 Å². The summed E-state index contributed by atoms with van der Waals surface area (Å²) in [5, 5.41) is 10.2. The first-order valence-electron chi connectivity index (χ1n) is 5.70. The summed E-state index contributed by atoms with van der Waals surface area (Å²) in [7, 11) is 0. The van der Waals surface area contributed by atoms with E-state index in [1.165, 1.54) is 6.07 Å². The predicted molar refractivity (Wildman–Crippen MR) is 61.3 cm³/mol. The molecule has 1 aromatic heterocycles. The number of alkyl halides is 3. The molecule has 1 fully saturated rings. The zero-order valence-corrected chi connectivity index (χ0v) is 10.3. The molecule has 0 saturated carbocycles. The highest BCUT2D eigenvalue weighted by atomic mass is 19.4. The minimum atomic E-state index is -4.44. The lowest BCUT2D eigenvalue weighted by Crippen LogP contribution is -2.58. The molecule has 0 radical (unpaired) electrons. The Morgan fingerprint density at radius 1 is 1.28 bits per heavy atom. The van der Waals surface area contributed by atoms with Gasteiger partial charge in [0.1, 0.15) is 0 Å². The molecule has 0 bridgehead atoms. The zero-order valence-electron chi connectivity index (χ0n) is 10.3. The van der Waals surface area contributed by atoms with E-state index in [9.17, 15) is 13.2 Å². The highest BCUT2D eigenvalue weighted by molar-refractivity contribution is 5.42. The summed E-state index contributed by atoms with van der Waals surface area (Å²) < 4.78 is 37.2. The Morgan fingerprint density at radius 2 is 2.00 bits per heavy atom. The van der Waals surface area contributed by atoms with E-state index >= 15 is 0 Å². The summed E-state index contributed by atoms with van der Waals surface area (Å²) in [4.78, 5) is 1.97. The second-order valence-electron chi connectivity index (χ2n) is 4.92. The molecule has 0 amide bonds. The number of nitrogens with zero attached hydrogens (tertiary/aromatic N) is 3. The first kappa shape index (κ1) is 13.1. The van der Waals surface area contributed by atoms with E-state index in [2.05, 4.69) is 15.5 Å². The average Bonchev–Trinajstić information content (AvgIpc) is 2.27. The first-order valence-corrected chi connectivity index (χ1v) is 5.70. The molecule has 18 heavy (non-hydrogen) atoms. The van der Waals surface area contributed by atoms with E-state index in [-0.39, 0.29) is 5.54 Å². The fraction of sp³-hybridized carbons (Fsp3) is 0.636. The molecule has 7 heteroatoms. The van der Waals surface area contributed by atoms with Crippen LogP contribution < -0.4 is 10.2 Å². The van der Waals surface area contributed by atoms with Crippen LogP contribution in [0.4, 0.5) is 19.0 Å². The predicted octanol–water partition coefficient (Wildman–Crippen LogP) is 1.68. The van der Waals surface area contributed by atoms with E-state index in [0.29, 0.717) is 12.4 Å². The maximum atomic E-state index is 12.4. The summed E-state index contributed by atoms with van der Waals surface area (Å²) in [5.74, 6) is 0.481. The van der Waals surface area contributed by atoms with Crippen molar-refractivity contribution in [3.05, 3.63) is 17.8 Å². The maximum absolute atomic E-state index is 12.4. The van der Waals surface area contributed by atoms with Gasteiger partial charge in [0.2, 0.25) is 0 Å². The van der Waals surface area contributed by atoms with Gasteiger partial charge in [-0.15, -0.1) is 10.2 Å². The Kier molecular flexibility index (Phi) is 3.18. The average molecular weight is 260 g/mol. The molecule has 2 rings (SSSR count). The molecule has 2 heterocycles. The fourth-order valence-electron chi connectivity index (χ4n) is 2.03. The van der Waals surface area contributed by atoms with E-state index < -0.39 is 11.9 Å². The van der Waals surface area contributed by atoms with Crippen molar-refractivity contribution in [3.63, 3.8) is 0 Å². The molecule has 1 aromatic rings. The molecule has 4 nitrogen and oxygen atoms in total. The van der Waals surface area contributed by atoms with Gasteiger partial charge in [-0.25, -0.2) is 0 Å². The Labute approximate surface area is 103 Å². The molecule has 100 valence electrons. The van der Waals surface area contributed by atoms with Crippen molar-refractivity contribution in [1.29, 1.82) is 0 Å². The molecule has 1 N–H and O–H groups in total. The third-order valence-electron chi connectivity index (χ3n) is 3.02. The first-order chi connectivity index (χ1) is 8.31. The van der Waals surface area contributed by atoms with Gasteiger partial charge in [-0.05, 0) is 26.0 Å². The Hall–Kier alpha value is -1.37. The van der Waals surface area contributed by atoms with Crippen LogP contribution in [-0.4, -0.2) is 35.4 Å². The van der Waals surface area contributed by atoms with Gasteiger partial charge < -0.3 is 10.2 Å². The van der Waals surface area contributed by atoms with E-state index in [1.807, 2.05) is 18.7 Å². The van der Waals surface area contributed by atoms with Gasteiger partial charge in [0.05, 0.1) is 0 Å². The van der Waals surface area contributed by atoms with Gasteiger partial charge in [0.15, 0.2) is 11.5 Å². The van der Waals surface area contributed by atoms with Crippen molar-refractivity contribution < 1.29 is 13.2 Å². The normalized spacial score (nSPS) is 19.9. The summed E-state index contributed by atoms with van der Waals surface area (Å²) in [6, 6.07) is 2.35. The molecule has 0 aliphatic carbocycles. The quantitative estimate of drug-likeness (QED) is 0.834. The van der Waals surface area contributed by atoms with E-state index in [1.54, 1.807) is 0 Å². The van der Waals surface area contributed by atoms with E-state index in [4.69, 9.17) is 0 Å². The van der Waals surface area contributed by atoms with Gasteiger partial charge in [0.25, 0.3) is 0 Å². The smallest absolute Gasteiger partial charge is 0.347 e. The zero-order chi connectivity index (χ0) is 13.4. The largest absolute Gasteiger partial charge is 0.435 e. The lowest BCUT2D eigenvalue weighted by Gasteiger charge is -2.43. The van der Waals surface area contributed by atoms with Crippen LogP contribution in [0.15, 0.2) is 12.1 Å². The summed E-state index contributed by atoms with van der Waals surface area (Å²) >= 11 is 0. The standard InChI is InChI=1S/C11H15F3N4/c1-10(2)7-15-5-6-18(10)9-4-3-8(16-17-9)11(12,13)14/h3-4,15H,5-7H2,1-2H3. The number of piperazine rings is 1. The molecular weight excluding hydrogens is 245 g/mol. The molecule has 0 unspecified atom stereocenters. The molecule has 0 atom stereocenters. The Bertz CT molecular complexity index is 413. The van der Waals surface area contributed by atoms with Crippen molar-refractivity contribution in [1.82, 2.24) is 15.5 Å². The monoisotopic (exact) mass is 260 g/mol. The number of hydrogen-bond acceptors (Lipinski definition) is 4. The van der Waals surface area contributed by atoms with Crippen molar-refractivity contribution in [2.45, 2.75) is 25.6 Å². The highest BCUT2D eigenvalue weighted by Crippen LogP contribution is 2.29. The minimum absolute atomic E-state index is 0.188. The van der Waals surface area contributed by atoms with Crippen LogP contribution in [0.2, 0.25) is 0 Å². The number of hydrogen-bond donors (Lipinski definition) is 1. The fourth-order valence-corrected chi connectivity index (χ4v) is 2.03. The third-order valence-corrected chi connectivity index (χ3v) is 3.02. The summed E-state index contributed by atoms with van der Waals surface area (Å²) in [6.45, 7) is 6.27. The van der Waals surface area contributed by atoms with Crippen molar-refractivity contribution in [3.8, 4) is 0 Å². The molecule has 1 aliphatic rings. The number of nitrogens with one attached hydrogen (secondary N) is 1. The van der Waals surface area contributed by atoms with Gasteiger partial charge >= 0.3 is 6.18 Å². The van der Waals surface area contributed by atoms with Crippen LogP contribution in [0, 0.1) is 0 Å². The van der Waals surface area contributed by atoms with Crippen LogP contribution in [0.1, 0.15) is 19.5 Å². The third kappa shape index (κ3) is 2.55. The van der Waals surface area contributed by atoms with Crippen molar-refractivity contribution in [2.24, 2.45) is 0 Å². The van der Waals surface area contributed by atoms with Gasteiger partial charge in [0, 0.05) is 25.2 Å². The van der Waals surface area contributed by atoms with Crippen LogP contribution in [0.25, 0.3) is 0 Å². The molecule has 1 aliphatic heterocycles. The second kappa shape index (κ2) is 4.38. The summed E-state index contributed by atoms with van der Waals surface area (Å²) in [6.07, 6.45) is -4.44. The highest BCUT2D eigenvalue weighted by Gasteiger charge is 2.34. The Morgan fingerprint density at radius 3 is 2.50 bits per heavy atom. The number of rotatable bonds is 1. The van der Waals surface area contributed by atoms with Gasteiger partial charge in [-0.1, -0.05) is 0 Å². The second-order valence-corrected chi connectivity index (χ2v) is 4.92.